The van der Waals surface area contributed by atoms with Gasteiger partial charge in [0.1, 0.15) is 0 Å². The highest BCUT2D eigenvalue weighted by atomic mass is 16.5. The average molecular weight is 320 g/mol. The van der Waals surface area contributed by atoms with Crippen LogP contribution in [0.25, 0.3) is 0 Å². The first kappa shape index (κ1) is 17.0. The minimum Gasteiger partial charge on any atom is -0.481 e. The van der Waals surface area contributed by atoms with Crippen molar-refractivity contribution >= 4 is 17.8 Å². The number of amides is 2. The summed E-state index contributed by atoms with van der Waals surface area (Å²) < 4.78 is 5.31. The molecule has 1 saturated heterocycles. The highest BCUT2D eigenvalue weighted by molar-refractivity contribution is 5.85. The number of morpholine rings is 1. The molecule has 0 saturated carbocycles. The van der Waals surface area contributed by atoms with Crippen LogP contribution < -0.4 is 5.32 Å². The quantitative estimate of drug-likeness (QED) is 0.772. The number of nitrogens with zero attached hydrogens (tertiary/aromatic N) is 1. The van der Waals surface area contributed by atoms with Crippen molar-refractivity contribution in [1.82, 2.24) is 10.2 Å². The molecule has 23 heavy (non-hydrogen) atoms. The van der Waals surface area contributed by atoms with Gasteiger partial charge in [-0.3, -0.25) is 14.4 Å². The predicted molar refractivity (Wildman–Crippen MR) is 81.7 cm³/mol. The van der Waals surface area contributed by atoms with Gasteiger partial charge in [-0.05, 0) is 5.56 Å². The van der Waals surface area contributed by atoms with Crippen LogP contribution in [-0.2, 0) is 25.5 Å². The van der Waals surface area contributed by atoms with Crippen molar-refractivity contribution in [2.45, 2.75) is 18.9 Å². The predicted octanol–water partition coefficient (Wildman–Crippen LogP) is 0.0474. The molecule has 7 nitrogen and oxygen atoms in total. The SMILES string of the molecule is O=C(O)CC1CN(C(=O)CNC(=O)Cc2ccccc2)CCO1. The molecule has 2 rings (SSSR count). The van der Waals surface area contributed by atoms with Crippen molar-refractivity contribution < 1.29 is 24.2 Å². The number of carboxylic acids is 1. The van der Waals surface area contributed by atoms with E-state index in [2.05, 4.69) is 5.32 Å². The summed E-state index contributed by atoms with van der Waals surface area (Å²) in [5.74, 6) is -1.41. The molecule has 1 aromatic rings. The van der Waals surface area contributed by atoms with Crippen LogP contribution in [0, 0.1) is 0 Å². The highest BCUT2D eigenvalue weighted by Crippen LogP contribution is 2.08. The number of carboxylic acid groups (broad SMARTS) is 1. The molecule has 0 radical (unpaired) electrons. The molecule has 2 N–H and O–H groups in total. The first-order chi connectivity index (χ1) is 11.0. The van der Waals surface area contributed by atoms with E-state index in [1.54, 1.807) is 0 Å². The third-order valence-electron chi connectivity index (χ3n) is 3.54. The van der Waals surface area contributed by atoms with Crippen LogP contribution in [-0.4, -0.2) is 60.1 Å². The first-order valence-corrected chi connectivity index (χ1v) is 7.46. The van der Waals surface area contributed by atoms with Gasteiger partial charge >= 0.3 is 5.97 Å². The maximum Gasteiger partial charge on any atom is 0.306 e. The summed E-state index contributed by atoms with van der Waals surface area (Å²) in [5, 5.41) is 11.4. The summed E-state index contributed by atoms with van der Waals surface area (Å²) in [4.78, 5) is 36.1. The Balaban J connectivity index is 1.75. The number of ether oxygens (including phenoxy) is 1. The maximum absolute atomic E-state index is 12.1. The molecule has 1 fully saturated rings. The normalized spacial score (nSPS) is 17.6. The van der Waals surface area contributed by atoms with E-state index < -0.39 is 12.1 Å². The number of aliphatic carboxylic acids is 1. The van der Waals surface area contributed by atoms with Gasteiger partial charge in [0.15, 0.2) is 0 Å². The molecule has 7 heteroatoms. The van der Waals surface area contributed by atoms with Gasteiger partial charge in [-0.1, -0.05) is 30.3 Å². The van der Waals surface area contributed by atoms with E-state index in [-0.39, 0.29) is 37.7 Å². The number of nitrogens with one attached hydrogen (secondary N) is 1. The Morgan fingerprint density at radius 1 is 1.26 bits per heavy atom. The topological polar surface area (TPSA) is 95.9 Å². The Morgan fingerprint density at radius 3 is 2.70 bits per heavy atom. The summed E-state index contributed by atoms with van der Waals surface area (Å²) >= 11 is 0. The van der Waals surface area contributed by atoms with E-state index in [1.165, 1.54) is 4.90 Å². The molecular formula is C16H20N2O5. The molecule has 1 aliphatic rings. The van der Waals surface area contributed by atoms with Gasteiger partial charge in [0.2, 0.25) is 11.8 Å². The summed E-state index contributed by atoms with van der Waals surface area (Å²) in [6.45, 7) is 0.857. The van der Waals surface area contributed by atoms with Crippen LogP contribution in [0.4, 0.5) is 0 Å². The van der Waals surface area contributed by atoms with Crippen LogP contribution in [0.2, 0.25) is 0 Å². The molecule has 0 spiro atoms. The van der Waals surface area contributed by atoms with Crippen LogP contribution in [0.1, 0.15) is 12.0 Å². The van der Waals surface area contributed by atoms with E-state index in [0.29, 0.717) is 13.2 Å². The number of carbonyl (C=O) groups excluding carboxylic acids is 2. The van der Waals surface area contributed by atoms with E-state index >= 15 is 0 Å². The zero-order valence-corrected chi connectivity index (χ0v) is 12.7. The molecule has 1 aromatic carbocycles. The van der Waals surface area contributed by atoms with Crippen molar-refractivity contribution in [1.29, 1.82) is 0 Å². The molecule has 0 bridgehead atoms. The van der Waals surface area contributed by atoms with Gasteiger partial charge in [0.05, 0.1) is 32.1 Å². The van der Waals surface area contributed by atoms with Crippen LogP contribution >= 0.6 is 0 Å². The minimum absolute atomic E-state index is 0.0918. The largest absolute Gasteiger partial charge is 0.481 e. The first-order valence-electron chi connectivity index (χ1n) is 7.46. The third-order valence-corrected chi connectivity index (χ3v) is 3.54. The number of carbonyl (C=O) groups is 3. The summed E-state index contributed by atoms with van der Waals surface area (Å²) in [5.41, 5.74) is 0.880. The molecular weight excluding hydrogens is 300 g/mol. The second-order valence-corrected chi connectivity index (χ2v) is 5.37. The van der Waals surface area contributed by atoms with Crippen molar-refractivity contribution in [3.05, 3.63) is 35.9 Å². The number of hydrogen-bond acceptors (Lipinski definition) is 4. The Kier molecular flexibility index (Phi) is 6.10. The van der Waals surface area contributed by atoms with E-state index in [9.17, 15) is 14.4 Å². The van der Waals surface area contributed by atoms with Crippen LogP contribution in [0.3, 0.4) is 0 Å². The number of rotatable bonds is 6. The van der Waals surface area contributed by atoms with Crippen LogP contribution in [0.15, 0.2) is 30.3 Å². The summed E-state index contributed by atoms with van der Waals surface area (Å²) in [7, 11) is 0. The van der Waals surface area contributed by atoms with Crippen molar-refractivity contribution in [3.63, 3.8) is 0 Å². The molecule has 1 aliphatic heterocycles. The van der Waals surface area contributed by atoms with Gasteiger partial charge in [-0.15, -0.1) is 0 Å². The Labute approximate surface area is 134 Å². The molecule has 0 aliphatic carbocycles. The molecule has 2 amide bonds. The fraction of sp³-hybridized carbons (Fsp3) is 0.438. The highest BCUT2D eigenvalue weighted by Gasteiger charge is 2.25. The molecule has 1 unspecified atom stereocenters. The van der Waals surface area contributed by atoms with Gasteiger partial charge < -0.3 is 20.1 Å². The third kappa shape index (κ3) is 5.71. The average Bonchev–Trinajstić information content (AvgIpc) is 2.53. The molecule has 1 atom stereocenters. The standard InChI is InChI=1S/C16H20N2O5/c19-14(8-12-4-2-1-3-5-12)17-10-15(20)18-6-7-23-13(11-18)9-16(21)22/h1-5,13H,6-11H2,(H,17,19)(H,21,22). The Morgan fingerprint density at radius 2 is 2.00 bits per heavy atom. The van der Waals surface area contributed by atoms with E-state index in [1.807, 2.05) is 30.3 Å². The zero-order chi connectivity index (χ0) is 16.7. The van der Waals surface area contributed by atoms with E-state index in [4.69, 9.17) is 9.84 Å². The second-order valence-electron chi connectivity index (χ2n) is 5.37. The Hall–Kier alpha value is -2.41. The Bertz CT molecular complexity index is 561. The smallest absolute Gasteiger partial charge is 0.306 e. The second kappa shape index (κ2) is 8.28. The number of benzene rings is 1. The lowest BCUT2D eigenvalue weighted by Gasteiger charge is -2.32. The van der Waals surface area contributed by atoms with Crippen molar-refractivity contribution in [2.24, 2.45) is 0 Å². The van der Waals surface area contributed by atoms with Crippen LogP contribution in [0.5, 0.6) is 0 Å². The monoisotopic (exact) mass is 320 g/mol. The van der Waals surface area contributed by atoms with Gasteiger partial charge in [-0.2, -0.15) is 0 Å². The summed E-state index contributed by atoms with van der Waals surface area (Å²) in [6.07, 6.45) is -0.409. The minimum atomic E-state index is -0.958. The van der Waals surface area contributed by atoms with Gasteiger partial charge in [0.25, 0.3) is 0 Å². The molecule has 1 heterocycles. The zero-order valence-electron chi connectivity index (χ0n) is 12.7. The van der Waals surface area contributed by atoms with Gasteiger partial charge in [0, 0.05) is 13.1 Å². The van der Waals surface area contributed by atoms with Crippen molar-refractivity contribution in [3.8, 4) is 0 Å². The fourth-order valence-electron chi connectivity index (χ4n) is 2.39. The number of hydrogen-bond donors (Lipinski definition) is 2. The molecule has 0 aromatic heterocycles. The van der Waals surface area contributed by atoms with E-state index in [0.717, 1.165) is 5.56 Å². The molecule has 124 valence electrons. The lowest BCUT2D eigenvalue weighted by atomic mass is 10.1. The lowest BCUT2D eigenvalue weighted by molar-refractivity contribution is -0.147. The maximum atomic E-state index is 12.1. The summed E-state index contributed by atoms with van der Waals surface area (Å²) in [6, 6.07) is 9.27. The lowest BCUT2D eigenvalue weighted by Crippen LogP contribution is -2.49. The van der Waals surface area contributed by atoms with Gasteiger partial charge in [-0.25, -0.2) is 0 Å². The fourth-order valence-corrected chi connectivity index (χ4v) is 2.39. The van der Waals surface area contributed by atoms with Crippen molar-refractivity contribution in [2.75, 3.05) is 26.2 Å².